The third kappa shape index (κ3) is 2.11. The molecular weight excluding hydrogens is 238 g/mol. The smallest absolute Gasteiger partial charge is 0.314 e. The molecule has 98 valence electrons. The van der Waals surface area contributed by atoms with E-state index in [1.807, 2.05) is 0 Å². The van der Waals surface area contributed by atoms with Crippen LogP contribution >= 0.6 is 0 Å². The van der Waals surface area contributed by atoms with E-state index in [1.54, 1.807) is 0 Å². The molecule has 0 amide bonds. The summed E-state index contributed by atoms with van der Waals surface area (Å²) >= 11 is 0. The zero-order chi connectivity index (χ0) is 13.3. The fraction of sp³-hybridized carbons (Fsp3) is 0.500. The number of hydrogen-bond donors (Lipinski definition) is 1. The first-order valence-electron chi connectivity index (χ1n) is 6.14. The van der Waals surface area contributed by atoms with Crippen molar-refractivity contribution in [1.29, 1.82) is 0 Å². The van der Waals surface area contributed by atoms with E-state index < -0.39 is 23.0 Å². The van der Waals surface area contributed by atoms with Gasteiger partial charge >= 0.3 is 5.97 Å². The number of halogens is 2. The van der Waals surface area contributed by atoms with Crippen molar-refractivity contribution in [3.05, 3.63) is 35.4 Å². The summed E-state index contributed by atoms with van der Waals surface area (Å²) in [5.74, 6) is -1.99. The summed E-state index contributed by atoms with van der Waals surface area (Å²) < 4.78 is 26.7. The highest BCUT2D eigenvalue weighted by Gasteiger charge is 2.44. The summed E-state index contributed by atoms with van der Waals surface area (Å²) in [5, 5.41) is 9.46. The van der Waals surface area contributed by atoms with Crippen LogP contribution in [0.3, 0.4) is 0 Å². The molecule has 1 aliphatic carbocycles. The van der Waals surface area contributed by atoms with Crippen LogP contribution in [0, 0.1) is 17.6 Å². The van der Waals surface area contributed by atoms with Gasteiger partial charge in [-0.15, -0.1) is 0 Å². The average molecular weight is 254 g/mol. The van der Waals surface area contributed by atoms with Crippen molar-refractivity contribution < 1.29 is 18.7 Å². The molecule has 0 aliphatic heterocycles. The van der Waals surface area contributed by atoms with Crippen LogP contribution < -0.4 is 0 Å². The Labute approximate surface area is 105 Å². The predicted octanol–water partition coefficient (Wildman–Crippen LogP) is 3.50. The molecule has 0 radical (unpaired) electrons. The van der Waals surface area contributed by atoms with Crippen molar-refractivity contribution in [1.82, 2.24) is 0 Å². The first-order valence-corrected chi connectivity index (χ1v) is 6.14. The maximum Gasteiger partial charge on any atom is 0.314 e. The zero-order valence-corrected chi connectivity index (χ0v) is 10.2. The lowest BCUT2D eigenvalue weighted by Gasteiger charge is -2.36. The molecule has 18 heavy (non-hydrogen) atoms. The minimum Gasteiger partial charge on any atom is -0.481 e. The van der Waals surface area contributed by atoms with Crippen LogP contribution in [0.15, 0.2) is 18.2 Å². The van der Waals surface area contributed by atoms with Gasteiger partial charge in [-0.2, -0.15) is 0 Å². The molecule has 1 fully saturated rings. The van der Waals surface area contributed by atoms with Gasteiger partial charge in [-0.3, -0.25) is 4.79 Å². The first kappa shape index (κ1) is 13.0. The van der Waals surface area contributed by atoms with E-state index >= 15 is 0 Å². The number of aliphatic carboxylic acids is 1. The fourth-order valence-corrected chi connectivity index (χ4v) is 2.73. The summed E-state index contributed by atoms with van der Waals surface area (Å²) in [6, 6.07) is 3.16. The molecule has 2 nitrogen and oxygen atoms in total. The highest BCUT2D eigenvalue weighted by Crippen LogP contribution is 2.42. The van der Waals surface area contributed by atoms with Crippen molar-refractivity contribution in [2.45, 2.75) is 38.0 Å². The van der Waals surface area contributed by atoms with Crippen LogP contribution in [0.1, 0.15) is 38.2 Å². The van der Waals surface area contributed by atoms with Gasteiger partial charge in [0.2, 0.25) is 0 Å². The van der Waals surface area contributed by atoms with Crippen molar-refractivity contribution >= 4 is 5.97 Å². The van der Waals surface area contributed by atoms with E-state index in [1.165, 1.54) is 6.07 Å². The SMILES string of the molecule is CC1CCC(C(=O)O)(c2ccc(F)cc2F)CC1. The minimum atomic E-state index is -1.19. The molecule has 2 rings (SSSR count). The number of hydrogen-bond acceptors (Lipinski definition) is 1. The number of carbonyl (C=O) groups is 1. The van der Waals surface area contributed by atoms with Gasteiger partial charge in [0.1, 0.15) is 11.6 Å². The van der Waals surface area contributed by atoms with Crippen molar-refractivity contribution in [2.75, 3.05) is 0 Å². The Morgan fingerprint density at radius 3 is 2.44 bits per heavy atom. The van der Waals surface area contributed by atoms with Gasteiger partial charge in [0.15, 0.2) is 0 Å². The van der Waals surface area contributed by atoms with E-state index in [-0.39, 0.29) is 5.56 Å². The van der Waals surface area contributed by atoms with Crippen LogP contribution in [0.5, 0.6) is 0 Å². The molecule has 1 N–H and O–H groups in total. The summed E-state index contributed by atoms with van der Waals surface area (Å²) in [7, 11) is 0. The average Bonchev–Trinajstić information content (AvgIpc) is 2.30. The van der Waals surface area contributed by atoms with E-state index in [2.05, 4.69) is 6.92 Å². The van der Waals surface area contributed by atoms with Crippen molar-refractivity contribution in [3.8, 4) is 0 Å². The summed E-state index contributed by atoms with van der Waals surface area (Å²) in [5.41, 5.74) is -1.08. The number of carboxylic acid groups (broad SMARTS) is 1. The van der Waals surface area contributed by atoms with Gasteiger partial charge in [0, 0.05) is 11.6 Å². The molecule has 0 aromatic heterocycles. The molecule has 1 aromatic rings. The Bertz CT molecular complexity index is 463. The van der Waals surface area contributed by atoms with E-state index in [9.17, 15) is 18.7 Å². The largest absolute Gasteiger partial charge is 0.481 e. The molecule has 0 saturated heterocycles. The van der Waals surface area contributed by atoms with Crippen molar-refractivity contribution in [2.24, 2.45) is 5.92 Å². The second-order valence-electron chi connectivity index (χ2n) is 5.19. The lowest BCUT2D eigenvalue weighted by atomic mass is 9.67. The maximum absolute atomic E-state index is 13.8. The molecular formula is C14H16F2O2. The molecule has 0 spiro atoms. The first-order chi connectivity index (χ1) is 8.45. The Morgan fingerprint density at radius 2 is 1.94 bits per heavy atom. The van der Waals surface area contributed by atoms with Gasteiger partial charge in [-0.25, -0.2) is 8.78 Å². The molecule has 1 aliphatic rings. The monoisotopic (exact) mass is 254 g/mol. The number of carboxylic acids is 1. The topological polar surface area (TPSA) is 37.3 Å². The predicted molar refractivity (Wildman–Crippen MR) is 63.3 cm³/mol. The van der Waals surface area contributed by atoms with Crippen LogP contribution in [0.2, 0.25) is 0 Å². The van der Waals surface area contributed by atoms with Gasteiger partial charge < -0.3 is 5.11 Å². The summed E-state index contributed by atoms with van der Waals surface area (Å²) in [6.07, 6.45) is 2.32. The zero-order valence-electron chi connectivity index (χ0n) is 10.2. The van der Waals surface area contributed by atoms with Gasteiger partial charge in [-0.05, 0) is 37.7 Å². The molecule has 0 heterocycles. The van der Waals surface area contributed by atoms with Crippen LogP contribution in [-0.4, -0.2) is 11.1 Å². The van der Waals surface area contributed by atoms with E-state index in [4.69, 9.17) is 0 Å². The Hall–Kier alpha value is -1.45. The highest BCUT2D eigenvalue weighted by molar-refractivity contribution is 5.81. The highest BCUT2D eigenvalue weighted by atomic mass is 19.1. The lowest BCUT2D eigenvalue weighted by molar-refractivity contribution is -0.145. The minimum absolute atomic E-state index is 0.114. The van der Waals surface area contributed by atoms with Crippen LogP contribution in [0.25, 0.3) is 0 Å². The number of rotatable bonds is 2. The van der Waals surface area contributed by atoms with Crippen molar-refractivity contribution in [3.63, 3.8) is 0 Å². The molecule has 1 saturated carbocycles. The second-order valence-corrected chi connectivity index (χ2v) is 5.19. The molecule has 4 heteroatoms. The summed E-state index contributed by atoms with van der Waals surface area (Å²) in [6.45, 7) is 2.06. The quantitative estimate of drug-likeness (QED) is 0.877. The number of benzene rings is 1. The van der Waals surface area contributed by atoms with Gasteiger partial charge in [0.25, 0.3) is 0 Å². The lowest BCUT2D eigenvalue weighted by Crippen LogP contribution is -2.40. The van der Waals surface area contributed by atoms with E-state index in [0.29, 0.717) is 18.8 Å². The Kier molecular flexibility index (Phi) is 3.37. The molecule has 0 bridgehead atoms. The van der Waals surface area contributed by atoms with E-state index in [0.717, 1.165) is 25.0 Å². The normalized spacial score (nSPS) is 28.1. The van der Waals surface area contributed by atoms with Gasteiger partial charge in [0.05, 0.1) is 5.41 Å². The second kappa shape index (κ2) is 4.67. The standard InChI is InChI=1S/C14H16F2O2/c1-9-4-6-14(7-5-9,13(17)18)11-3-2-10(15)8-12(11)16/h2-3,8-9H,4-7H2,1H3,(H,17,18). The third-order valence-electron chi connectivity index (χ3n) is 3.98. The molecule has 1 aromatic carbocycles. The maximum atomic E-state index is 13.8. The van der Waals surface area contributed by atoms with Gasteiger partial charge in [-0.1, -0.05) is 13.0 Å². The van der Waals surface area contributed by atoms with Crippen LogP contribution in [0.4, 0.5) is 8.78 Å². The third-order valence-corrected chi connectivity index (χ3v) is 3.98. The Morgan fingerprint density at radius 1 is 1.33 bits per heavy atom. The Balaban J connectivity index is 2.44. The molecule has 0 unspecified atom stereocenters. The fourth-order valence-electron chi connectivity index (χ4n) is 2.73. The summed E-state index contributed by atoms with van der Waals surface area (Å²) in [4.78, 5) is 11.6. The molecule has 0 atom stereocenters. The van der Waals surface area contributed by atoms with Crippen LogP contribution in [-0.2, 0) is 10.2 Å².